The van der Waals surface area contributed by atoms with E-state index in [1.54, 1.807) is 17.7 Å². The minimum absolute atomic E-state index is 0.0225. The Hall–Kier alpha value is -1.73. The summed E-state index contributed by atoms with van der Waals surface area (Å²) < 4.78 is 26.4. The van der Waals surface area contributed by atoms with Crippen molar-refractivity contribution in [3.05, 3.63) is 30.6 Å². The Morgan fingerprint density at radius 3 is 2.74 bits per heavy atom. The number of benzene rings is 1. The molecule has 1 atom stereocenters. The average molecular weight is 332 g/mol. The molecule has 2 aromatic rings. The van der Waals surface area contributed by atoms with Crippen LogP contribution < -0.4 is 4.90 Å². The average Bonchev–Trinajstić information content (AvgIpc) is 3.32. The van der Waals surface area contributed by atoms with E-state index < -0.39 is 10.0 Å². The molecule has 0 radical (unpaired) electrons. The van der Waals surface area contributed by atoms with Crippen LogP contribution in [0.3, 0.4) is 0 Å². The van der Waals surface area contributed by atoms with Gasteiger partial charge in [-0.15, -0.1) is 0 Å². The smallest absolute Gasteiger partial charge is 0.217 e. The van der Waals surface area contributed by atoms with Gasteiger partial charge in [0, 0.05) is 31.6 Å². The Labute approximate surface area is 136 Å². The molecule has 1 saturated carbocycles. The largest absolute Gasteiger partial charge is 0.354 e. The second kappa shape index (κ2) is 5.42. The van der Waals surface area contributed by atoms with E-state index in [4.69, 9.17) is 0 Å². The normalized spacial score (nSPS) is 22.2. The summed E-state index contributed by atoms with van der Waals surface area (Å²) in [4.78, 5) is 10.9. The van der Waals surface area contributed by atoms with Crippen LogP contribution in [0.5, 0.6) is 0 Å². The lowest BCUT2D eigenvalue weighted by Crippen LogP contribution is -2.40. The minimum atomic E-state index is -3.12. The van der Waals surface area contributed by atoms with Gasteiger partial charge in [0.15, 0.2) is 0 Å². The van der Waals surface area contributed by atoms with Crippen molar-refractivity contribution in [3.63, 3.8) is 0 Å². The Morgan fingerprint density at radius 2 is 1.96 bits per heavy atom. The lowest BCUT2D eigenvalue weighted by Gasteiger charge is -2.25. The fraction of sp³-hybridized carbons (Fsp3) is 0.500. The first-order valence-corrected chi connectivity index (χ1v) is 9.49. The summed E-state index contributed by atoms with van der Waals surface area (Å²) in [6, 6.07) is 7.95. The minimum Gasteiger partial charge on any atom is -0.354 e. The topological polar surface area (TPSA) is 66.4 Å². The number of anilines is 1. The second-order valence-electron chi connectivity index (χ2n) is 6.36. The van der Waals surface area contributed by atoms with Crippen molar-refractivity contribution in [2.24, 2.45) is 0 Å². The molecule has 1 aromatic carbocycles. The molecule has 2 heterocycles. The molecular formula is C16H20N4O2S. The Kier molecular flexibility index (Phi) is 3.50. The summed E-state index contributed by atoms with van der Waals surface area (Å²) in [6.45, 7) is 1.50. The number of sulfonamides is 1. The van der Waals surface area contributed by atoms with Gasteiger partial charge in [0.2, 0.25) is 10.0 Å². The van der Waals surface area contributed by atoms with Crippen LogP contribution in [0.15, 0.2) is 30.6 Å². The molecule has 1 aliphatic heterocycles. The van der Waals surface area contributed by atoms with Gasteiger partial charge in [-0.3, -0.25) is 0 Å². The number of aromatic nitrogens is 2. The van der Waals surface area contributed by atoms with Crippen molar-refractivity contribution in [2.45, 2.75) is 30.6 Å². The molecule has 1 aliphatic carbocycles. The molecule has 0 amide bonds. The van der Waals surface area contributed by atoms with E-state index in [-0.39, 0.29) is 11.3 Å². The maximum atomic E-state index is 12.4. The van der Waals surface area contributed by atoms with Crippen molar-refractivity contribution in [3.8, 4) is 0 Å². The van der Waals surface area contributed by atoms with Gasteiger partial charge in [-0.1, -0.05) is 12.1 Å². The third-order valence-corrected chi connectivity index (χ3v) is 7.26. The quantitative estimate of drug-likeness (QED) is 0.851. The van der Waals surface area contributed by atoms with Gasteiger partial charge >= 0.3 is 0 Å². The molecule has 23 heavy (non-hydrogen) atoms. The summed E-state index contributed by atoms with van der Waals surface area (Å²) >= 11 is 0. The standard InChI is InChI=1S/C16H20N4O2S/c1-19(23(21,22)13-6-7-13)12-8-9-20(10-12)16-14-4-2-3-5-15(14)17-11-18-16/h2-5,11-13H,6-10H2,1H3. The van der Waals surface area contributed by atoms with Crippen molar-refractivity contribution >= 4 is 26.7 Å². The maximum absolute atomic E-state index is 12.4. The number of fused-ring (bicyclic) bond motifs is 1. The van der Waals surface area contributed by atoms with E-state index in [2.05, 4.69) is 14.9 Å². The van der Waals surface area contributed by atoms with E-state index in [0.717, 1.165) is 42.5 Å². The first kappa shape index (κ1) is 14.8. The zero-order valence-corrected chi connectivity index (χ0v) is 13.9. The van der Waals surface area contributed by atoms with Crippen molar-refractivity contribution in [1.29, 1.82) is 0 Å². The molecular weight excluding hydrogens is 312 g/mol. The summed E-state index contributed by atoms with van der Waals surface area (Å²) in [5, 5.41) is 0.866. The van der Waals surface area contributed by atoms with Crippen LogP contribution >= 0.6 is 0 Å². The van der Waals surface area contributed by atoms with E-state index in [1.165, 1.54) is 0 Å². The van der Waals surface area contributed by atoms with Crippen LogP contribution in [-0.2, 0) is 10.0 Å². The van der Waals surface area contributed by atoms with Crippen LogP contribution in [0.2, 0.25) is 0 Å². The van der Waals surface area contributed by atoms with E-state index >= 15 is 0 Å². The summed E-state index contributed by atoms with van der Waals surface area (Å²) in [5.41, 5.74) is 0.917. The number of rotatable bonds is 4. The maximum Gasteiger partial charge on any atom is 0.217 e. The second-order valence-corrected chi connectivity index (χ2v) is 8.64. The SMILES string of the molecule is CN(C1CCN(c2ncnc3ccccc23)C1)S(=O)(=O)C1CC1. The van der Waals surface area contributed by atoms with Crippen molar-refractivity contribution < 1.29 is 8.42 Å². The molecule has 0 bridgehead atoms. The van der Waals surface area contributed by atoms with Gasteiger partial charge < -0.3 is 4.90 Å². The van der Waals surface area contributed by atoms with E-state index in [9.17, 15) is 8.42 Å². The van der Waals surface area contributed by atoms with Crippen LogP contribution in [0, 0.1) is 0 Å². The third-order valence-electron chi connectivity index (χ3n) is 4.85. The van der Waals surface area contributed by atoms with Gasteiger partial charge in [-0.05, 0) is 31.4 Å². The van der Waals surface area contributed by atoms with Crippen molar-refractivity contribution in [2.75, 3.05) is 25.0 Å². The molecule has 7 heteroatoms. The highest BCUT2D eigenvalue weighted by Gasteiger charge is 2.42. The highest BCUT2D eigenvalue weighted by molar-refractivity contribution is 7.90. The van der Waals surface area contributed by atoms with Gasteiger partial charge in [-0.25, -0.2) is 18.4 Å². The Bertz CT molecular complexity index is 830. The van der Waals surface area contributed by atoms with Crippen molar-refractivity contribution in [1.82, 2.24) is 14.3 Å². The van der Waals surface area contributed by atoms with Gasteiger partial charge in [0.05, 0.1) is 10.8 Å². The third kappa shape index (κ3) is 2.57. The number of para-hydroxylation sites is 1. The molecule has 2 fully saturated rings. The molecule has 1 saturated heterocycles. The van der Waals surface area contributed by atoms with Crippen LogP contribution in [-0.4, -0.2) is 54.1 Å². The summed E-state index contributed by atoms with van der Waals surface area (Å²) in [5.74, 6) is 0.898. The molecule has 2 aliphatic rings. The number of hydrogen-bond donors (Lipinski definition) is 0. The first-order chi connectivity index (χ1) is 11.1. The number of likely N-dealkylation sites (N-methyl/N-ethyl adjacent to an activating group) is 1. The predicted molar refractivity (Wildman–Crippen MR) is 89.9 cm³/mol. The van der Waals surface area contributed by atoms with E-state index in [0.29, 0.717) is 6.54 Å². The van der Waals surface area contributed by atoms with Gasteiger partial charge in [-0.2, -0.15) is 4.31 Å². The monoisotopic (exact) mass is 332 g/mol. The Morgan fingerprint density at radius 1 is 1.17 bits per heavy atom. The number of nitrogens with zero attached hydrogens (tertiary/aromatic N) is 4. The highest BCUT2D eigenvalue weighted by atomic mass is 32.2. The fourth-order valence-electron chi connectivity index (χ4n) is 3.28. The molecule has 1 aromatic heterocycles. The van der Waals surface area contributed by atoms with Crippen LogP contribution in [0.4, 0.5) is 5.82 Å². The summed E-state index contributed by atoms with van der Waals surface area (Å²) in [7, 11) is -1.40. The molecule has 0 spiro atoms. The highest BCUT2D eigenvalue weighted by Crippen LogP contribution is 2.33. The van der Waals surface area contributed by atoms with Crippen LogP contribution in [0.1, 0.15) is 19.3 Å². The molecule has 6 nitrogen and oxygen atoms in total. The Balaban J connectivity index is 1.58. The molecule has 122 valence electrons. The zero-order valence-electron chi connectivity index (χ0n) is 13.1. The number of hydrogen-bond acceptors (Lipinski definition) is 5. The fourth-order valence-corrected chi connectivity index (χ4v) is 5.07. The van der Waals surface area contributed by atoms with Gasteiger partial charge in [0.1, 0.15) is 12.1 Å². The molecule has 1 unspecified atom stereocenters. The molecule has 0 N–H and O–H groups in total. The lowest BCUT2D eigenvalue weighted by atomic mass is 10.2. The molecule has 4 rings (SSSR count). The lowest BCUT2D eigenvalue weighted by molar-refractivity contribution is 0.389. The van der Waals surface area contributed by atoms with E-state index in [1.807, 2.05) is 24.3 Å². The van der Waals surface area contributed by atoms with Crippen LogP contribution in [0.25, 0.3) is 10.9 Å². The van der Waals surface area contributed by atoms with Gasteiger partial charge in [0.25, 0.3) is 0 Å². The predicted octanol–water partition coefficient (Wildman–Crippen LogP) is 1.63. The summed E-state index contributed by atoms with van der Waals surface area (Å²) in [6.07, 6.45) is 4.02. The zero-order chi connectivity index (χ0) is 16.0. The first-order valence-electron chi connectivity index (χ1n) is 7.99.